The summed E-state index contributed by atoms with van der Waals surface area (Å²) in [6, 6.07) is 8.23. The number of carbonyl (C=O) groups excluding carboxylic acids is 1. The summed E-state index contributed by atoms with van der Waals surface area (Å²) in [5, 5.41) is 1.18. The first kappa shape index (κ1) is 11.5. The Kier molecular flexibility index (Phi) is 1.94. The lowest BCUT2D eigenvalue weighted by molar-refractivity contribution is 0.122. The van der Waals surface area contributed by atoms with Crippen molar-refractivity contribution in [2.24, 2.45) is 12.0 Å². The van der Waals surface area contributed by atoms with Gasteiger partial charge in [-0.3, -0.25) is 0 Å². The second-order valence-electron chi connectivity index (χ2n) is 5.56. The Morgan fingerprint density at radius 2 is 2.05 bits per heavy atom. The highest BCUT2D eigenvalue weighted by Crippen LogP contribution is 2.41. The topological polar surface area (TPSA) is 43.6 Å². The van der Waals surface area contributed by atoms with Gasteiger partial charge in [-0.1, -0.05) is 18.2 Å². The molecule has 1 amide bonds. The van der Waals surface area contributed by atoms with Crippen LogP contribution in [-0.2, 0) is 11.8 Å². The number of fused-ring (bicyclic) bond motifs is 5. The molecule has 0 saturated carbocycles. The molecule has 1 aliphatic heterocycles. The van der Waals surface area contributed by atoms with Crippen LogP contribution in [0.15, 0.2) is 35.3 Å². The second kappa shape index (κ2) is 3.39. The summed E-state index contributed by atoms with van der Waals surface area (Å²) in [5.74, 6) is 0. The van der Waals surface area contributed by atoms with Crippen molar-refractivity contribution in [1.29, 1.82) is 0 Å². The number of hydrogen-bond donors (Lipinski definition) is 0. The van der Waals surface area contributed by atoms with E-state index in [1.807, 2.05) is 32.2 Å². The summed E-state index contributed by atoms with van der Waals surface area (Å²) in [5.41, 5.74) is 4.36. The number of ether oxygens (including phenoxy) is 1. The van der Waals surface area contributed by atoms with Gasteiger partial charge in [-0.15, -0.1) is 0 Å². The van der Waals surface area contributed by atoms with Crippen LogP contribution >= 0.6 is 0 Å². The molecule has 1 atom stereocenters. The number of amides is 1. The Morgan fingerprint density at radius 1 is 1.30 bits per heavy atom. The minimum atomic E-state index is -0.740. The zero-order valence-electron chi connectivity index (χ0n) is 11.6. The van der Waals surface area contributed by atoms with E-state index in [4.69, 9.17) is 4.74 Å². The summed E-state index contributed by atoms with van der Waals surface area (Å²) in [4.78, 5) is 15.7. The molecular weight excluding hydrogens is 252 g/mol. The van der Waals surface area contributed by atoms with E-state index in [9.17, 15) is 4.79 Å². The molecule has 2 aliphatic rings. The Labute approximate surface area is 116 Å². The minimum absolute atomic E-state index is 0.510. The molecular formula is C16H14N2O2. The molecule has 1 unspecified atom stereocenters. The molecule has 1 aromatic heterocycles. The number of rotatable bonds is 0. The molecule has 4 heteroatoms. The second-order valence-corrected chi connectivity index (χ2v) is 5.56. The molecule has 0 spiro atoms. The van der Waals surface area contributed by atoms with E-state index in [2.05, 4.69) is 28.6 Å². The highest BCUT2D eigenvalue weighted by Gasteiger charge is 2.45. The Hall–Kier alpha value is -2.36. The third-order valence-electron chi connectivity index (χ3n) is 4.19. The summed E-state index contributed by atoms with van der Waals surface area (Å²) in [6.07, 6.45) is 1.48. The van der Waals surface area contributed by atoms with Gasteiger partial charge in [0.15, 0.2) is 5.60 Å². The van der Waals surface area contributed by atoms with Crippen LogP contribution in [0.2, 0.25) is 0 Å². The van der Waals surface area contributed by atoms with Crippen molar-refractivity contribution in [3.63, 3.8) is 0 Å². The lowest BCUT2D eigenvalue weighted by atomic mass is 9.84. The van der Waals surface area contributed by atoms with Crippen molar-refractivity contribution >= 4 is 28.3 Å². The van der Waals surface area contributed by atoms with Crippen molar-refractivity contribution in [2.45, 2.75) is 19.4 Å². The molecule has 0 N–H and O–H groups in total. The van der Waals surface area contributed by atoms with Gasteiger partial charge in [0, 0.05) is 23.5 Å². The fourth-order valence-corrected chi connectivity index (χ4v) is 3.40. The van der Waals surface area contributed by atoms with Crippen LogP contribution < -0.4 is 0 Å². The average molecular weight is 266 g/mol. The van der Waals surface area contributed by atoms with E-state index in [0.717, 1.165) is 22.3 Å². The normalized spacial score (nSPS) is 24.1. The number of aliphatic imine (C=N–C) groups is 1. The van der Waals surface area contributed by atoms with Gasteiger partial charge in [-0.2, -0.15) is 4.99 Å². The smallest absolute Gasteiger partial charge is 0.431 e. The minimum Gasteiger partial charge on any atom is -0.431 e. The zero-order chi connectivity index (χ0) is 14.1. The monoisotopic (exact) mass is 266 g/mol. The first-order chi connectivity index (χ1) is 9.51. The van der Waals surface area contributed by atoms with Crippen molar-refractivity contribution in [2.75, 3.05) is 0 Å². The molecule has 0 saturated heterocycles. The van der Waals surface area contributed by atoms with Crippen LogP contribution in [0.4, 0.5) is 4.79 Å². The number of para-hydroxylation sites is 1. The third-order valence-corrected chi connectivity index (χ3v) is 4.19. The predicted molar refractivity (Wildman–Crippen MR) is 78.0 cm³/mol. The fraction of sp³-hybridized carbons (Fsp3) is 0.250. The van der Waals surface area contributed by atoms with Crippen LogP contribution in [0.1, 0.15) is 25.1 Å². The van der Waals surface area contributed by atoms with Crippen molar-refractivity contribution < 1.29 is 9.53 Å². The van der Waals surface area contributed by atoms with Crippen LogP contribution in [0, 0.1) is 0 Å². The van der Waals surface area contributed by atoms with Crippen LogP contribution in [0.25, 0.3) is 16.5 Å². The van der Waals surface area contributed by atoms with E-state index < -0.39 is 11.7 Å². The Morgan fingerprint density at radius 3 is 2.85 bits per heavy atom. The summed E-state index contributed by atoms with van der Waals surface area (Å²) >= 11 is 0. The number of benzene rings is 1. The number of carbonyl (C=O) groups is 1. The maximum atomic E-state index is 11.6. The SMILES string of the molecule is CC1=CC2(C)OC(=O)N=C2c2c1c1ccccc1n2C. The van der Waals surface area contributed by atoms with Crippen LogP contribution in [0.5, 0.6) is 0 Å². The Balaban J connectivity index is 2.18. The standard InChI is InChI=1S/C16H14N2O2/c1-9-8-16(2)14(17-15(19)20-16)13-12(9)10-6-4-5-7-11(10)18(13)3/h4-8H,1-3H3. The third kappa shape index (κ3) is 1.21. The number of aromatic nitrogens is 1. The molecule has 100 valence electrons. The summed E-state index contributed by atoms with van der Waals surface area (Å²) < 4.78 is 7.50. The number of hydrogen-bond acceptors (Lipinski definition) is 2. The molecule has 1 aromatic carbocycles. The van der Waals surface area contributed by atoms with Crippen molar-refractivity contribution in [1.82, 2.24) is 4.57 Å². The zero-order valence-corrected chi connectivity index (χ0v) is 11.6. The molecule has 0 fully saturated rings. The maximum Gasteiger partial charge on any atom is 0.435 e. The maximum absolute atomic E-state index is 11.6. The van der Waals surface area contributed by atoms with Gasteiger partial charge in [-0.05, 0) is 31.6 Å². The summed E-state index contributed by atoms with van der Waals surface area (Å²) in [7, 11) is 2.01. The first-order valence-corrected chi connectivity index (χ1v) is 6.61. The van der Waals surface area contributed by atoms with Gasteiger partial charge < -0.3 is 9.30 Å². The molecule has 2 heterocycles. The molecule has 0 radical (unpaired) electrons. The van der Waals surface area contributed by atoms with E-state index in [-0.39, 0.29) is 0 Å². The van der Waals surface area contributed by atoms with E-state index >= 15 is 0 Å². The van der Waals surface area contributed by atoms with Gasteiger partial charge in [0.2, 0.25) is 0 Å². The number of nitrogens with zero attached hydrogens (tertiary/aromatic N) is 2. The summed E-state index contributed by atoms with van der Waals surface area (Å²) in [6.45, 7) is 3.94. The van der Waals surface area contributed by atoms with Gasteiger partial charge in [0.05, 0.1) is 5.69 Å². The van der Waals surface area contributed by atoms with E-state index in [1.165, 1.54) is 5.39 Å². The van der Waals surface area contributed by atoms with Crippen LogP contribution in [0.3, 0.4) is 0 Å². The van der Waals surface area contributed by atoms with E-state index in [1.54, 1.807) is 0 Å². The quantitative estimate of drug-likeness (QED) is 0.734. The number of allylic oxidation sites excluding steroid dienone is 1. The number of aryl methyl sites for hydroxylation is 1. The van der Waals surface area contributed by atoms with Crippen molar-refractivity contribution in [3.05, 3.63) is 41.6 Å². The van der Waals surface area contributed by atoms with E-state index in [0.29, 0.717) is 5.71 Å². The largest absolute Gasteiger partial charge is 0.435 e. The lowest BCUT2D eigenvalue weighted by Crippen LogP contribution is -2.37. The lowest BCUT2D eigenvalue weighted by Gasteiger charge is -2.27. The molecule has 4 rings (SSSR count). The average Bonchev–Trinajstić information content (AvgIpc) is 2.85. The van der Waals surface area contributed by atoms with Gasteiger partial charge in [0.1, 0.15) is 5.71 Å². The first-order valence-electron chi connectivity index (χ1n) is 6.61. The van der Waals surface area contributed by atoms with Gasteiger partial charge in [-0.25, -0.2) is 4.79 Å². The molecule has 0 bridgehead atoms. The molecule has 1 aliphatic carbocycles. The van der Waals surface area contributed by atoms with Crippen molar-refractivity contribution in [3.8, 4) is 0 Å². The Bertz CT molecular complexity index is 842. The van der Waals surface area contributed by atoms with Gasteiger partial charge in [0.25, 0.3) is 0 Å². The van der Waals surface area contributed by atoms with Gasteiger partial charge >= 0.3 is 6.09 Å². The molecule has 4 nitrogen and oxygen atoms in total. The highest BCUT2D eigenvalue weighted by atomic mass is 16.6. The predicted octanol–water partition coefficient (Wildman–Crippen LogP) is 3.29. The van der Waals surface area contributed by atoms with Crippen LogP contribution in [-0.4, -0.2) is 22.0 Å². The highest BCUT2D eigenvalue weighted by molar-refractivity contribution is 6.22. The molecule has 2 aromatic rings. The molecule has 20 heavy (non-hydrogen) atoms. The fourth-order valence-electron chi connectivity index (χ4n) is 3.40.